The first-order valence-corrected chi connectivity index (χ1v) is 11.0. The number of fused-ring (bicyclic) bond motifs is 3. The molecule has 3 fully saturated rings. The van der Waals surface area contributed by atoms with E-state index in [1.165, 1.54) is 6.92 Å². The summed E-state index contributed by atoms with van der Waals surface area (Å²) in [6.07, 6.45) is 2.17. The first-order chi connectivity index (χ1) is 14.0. The van der Waals surface area contributed by atoms with E-state index in [2.05, 4.69) is 13.5 Å². The second-order valence-electron chi connectivity index (χ2n) is 9.71. The summed E-state index contributed by atoms with van der Waals surface area (Å²) < 4.78 is 23.6. The van der Waals surface area contributed by atoms with Crippen molar-refractivity contribution in [2.45, 2.75) is 102 Å². The summed E-state index contributed by atoms with van der Waals surface area (Å²) in [5, 5.41) is 11.1. The molecule has 0 aromatic rings. The molecule has 3 rings (SSSR count). The van der Waals surface area contributed by atoms with Crippen molar-refractivity contribution in [3.05, 3.63) is 12.2 Å². The van der Waals surface area contributed by atoms with Crippen LogP contribution in [0.4, 0.5) is 0 Å². The Hall–Kier alpha value is -1.44. The zero-order valence-corrected chi connectivity index (χ0v) is 18.8. The maximum absolute atomic E-state index is 12.4. The Labute approximate surface area is 179 Å². The van der Waals surface area contributed by atoms with E-state index < -0.39 is 47.4 Å². The predicted octanol–water partition coefficient (Wildman–Crippen LogP) is 2.93. The van der Waals surface area contributed by atoms with Crippen molar-refractivity contribution in [3.63, 3.8) is 0 Å². The average molecular weight is 425 g/mol. The van der Waals surface area contributed by atoms with Gasteiger partial charge in [0.2, 0.25) is 0 Å². The second kappa shape index (κ2) is 8.60. The summed E-state index contributed by atoms with van der Waals surface area (Å²) in [5.74, 6) is -1.29. The van der Waals surface area contributed by atoms with Crippen LogP contribution in [0.5, 0.6) is 0 Å². The standard InChI is InChI=1S/C23H36O7/c1-13-8-7-10-23(5,27-6)17-9-11-22(4,26)18(29-17)12-16-14(2)21(25)30-20(16)19(13)28-15(3)24/h13,16-20,26H,2,7-12H2,1,3-6H3. The molecule has 0 amide bonds. The van der Waals surface area contributed by atoms with Gasteiger partial charge in [0.15, 0.2) is 0 Å². The van der Waals surface area contributed by atoms with E-state index in [4.69, 9.17) is 18.9 Å². The number of methoxy groups -OCH3 is 1. The largest absolute Gasteiger partial charge is 0.458 e. The molecule has 0 saturated carbocycles. The minimum atomic E-state index is -1.05. The van der Waals surface area contributed by atoms with Gasteiger partial charge in [0.05, 0.1) is 23.4 Å². The molecule has 3 saturated heterocycles. The predicted molar refractivity (Wildman–Crippen MR) is 110 cm³/mol. The molecule has 0 aliphatic carbocycles. The molecule has 0 aromatic heterocycles. The van der Waals surface area contributed by atoms with E-state index in [0.717, 1.165) is 19.3 Å². The van der Waals surface area contributed by atoms with Gasteiger partial charge in [-0.25, -0.2) is 4.79 Å². The highest BCUT2D eigenvalue weighted by Crippen LogP contribution is 2.44. The van der Waals surface area contributed by atoms with Gasteiger partial charge in [-0.05, 0) is 51.9 Å². The molecule has 0 radical (unpaired) electrons. The van der Waals surface area contributed by atoms with E-state index in [1.54, 1.807) is 14.0 Å². The Balaban J connectivity index is 1.99. The molecule has 170 valence electrons. The number of ether oxygens (including phenoxy) is 4. The number of hydrogen-bond donors (Lipinski definition) is 1. The van der Waals surface area contributed by atoms with E-state index in [9.17, 15) is 14.7 Å². The van der Waals surface area contributed by atoms with Gasteiger partial charge in [-0.1, -0.05) is 19.9 Å². The van der Waals surface area contributed by atoms with Gasteiger partial charge < -0.3 is 24.1 Å². The molecule has 8 unspecified atom stereocenters. The Morgan fingerprint density at radius 3 is 2.57 bits per heavy atom. The van der Waals surface area contributed by atoms with Crippen LogP contribution in [0.3, 0.4) is 0 Å². The summed E-state index contributed by atoms with van der Waals surface area (Å²) >= 11 is 0. The Morgan fingerprint density at radius 1 is 1.23 bits per heavy atom. The maximum Gasteiger partial charge on any atom is 0.334 e. The van der Waals surface area contributed by atoms with Crippen LogP contribution in [0.2, 0.25) is 0 Å². The molecular weight excluding hydrogens is 388 g/mol. The molecule has 3 aliphatic rings. The summed E-state index contributed by atoms with van der Waals surface area (Å²) in [7, 11) is 1.70. The minimum Gasteiger partial charge on any atom is -0.458 e. The zero-order valence-electron chi connectivity index (χ0n) is 18.8. The van der Waals surface area contributed by atoms with Crippen molar-refractivity contribution in [1.29, 1.82) is 0 Å². The molecule has 0 aromatic carbocycles. The third kappa shape index (κ3) is 4.43. The van der Waals surface area contributed by atoms with Crippen LogP contribution in [-0.4, -0.2) is 59.8 Å². The van der Waals surface area contributed by atoms with Crippen LogP contribution >= 0.6 is 0 Å². The van der Waals surface area contributed by atoms with Gasteiger partial charge in [0, 0.05) is 25.5 Å². The Bertz CT molecular complexity index is 687. The Morgan fingerprint density at radius 2 is 1.93 bits per heavy atom. The van der Waals surface area contributed by atoms with Gasteiger partial charge in [0.25, 0.3) is 0 Å². The summed E-state index contributed by atoms with van der Waals surface area (Å²) in [6, 6.07) is 0. The fourth-order valence-electron chi connectivity index (χ4n) is 5.22. The van der Waals surface area contributed by atoms with Crippen LogP contribution < -0.4 is 0 Å². The van der Waals surface area contributed by atoms with Gasteiger partial charge in [-0.2, -0.15) is 0 Å². The molecule has 2 bridgehead atoms. The van der Waals surface area contributed by atoms with Crippen LogP contribution in [0, 0.1) is 11.8 Å². The lowest BCUT2D eigenvalue weighted by Crippen LogP contribution is -2.56. The molecular formula is C23H36O7. The third-order valence-electron chi connectivity index (χ3n) is 7.42. The van der Waals surface area contributed by atoms with Gasteiger partial charge in [-0.3, -0.25) is 4.79 Å². The topological polar surface area (TPSA) is 91.3 Å². The molecule has 3 aliphatic heterocycles. The smallest absolute Gasteiger partial charge is 0.334 e. The SMILES string of the molecule is C=C1C(=O)OC2C1CC1OC(CCC1(C)O)C(C)(OC)CCCC(C)C2OC(C)=O. The van der Waals surface area contributed by atoms with Crippen molar-refractivity contribution < 1.29 is 33.6 Å². The number of hydrogen-bond acceptors (Lipinski definition) is 7. The van der Waals surface area contributed by atoms with Gasteiger partial charge in [-0.15, -0.1) is 0 Å². The lowest BCUT2D eigenvalue weighted by molar-refractivity contribution is -0.228. The van der Waals surface area contributed by atoms with E-state index in [-0.39, 0.29) is 12.0 Å². The Kier molecular flexibility index (Phi) is 6.65. The normalized spacial score (nSPS) is 45.0. The second-order valence-corrected chi connectivity index (χ2v) is 9.71. The third-order valence-corrected chi connectivity index (χ3v) is 7.42. The van der Waals surface area contributed by atoms with Gasteiger partial charge in [0.1, 0.15) is 12.2 Å². The summed E-state index contributed by atoms with van der Waals surface area (Å²) in [6.45, 7) is 11.2. The van der Waals surface area contributed by atoms with E-state index in [1.807, 2.05) is 6.92 Å². The van der Waals surface area contributed by atoms with Crippen molar-refractivity contribution in [2.24, 2.45) is 11.8 Å². The molecule has 30 heavy (non-hydrogen) atoms. The summed E-state index contributed by atoms with van der Waals surface area (Å²) in [5.41, 5.74) is -1.19. The van der Waals surface area contributed by atoms with Crippen LogP contribution in [0.1, 0.15) is 66.2 Å². The molecule has 3 heterocycles. The van der Waals surface area contributed by atoms with Crippen LogP contribution in [0.15, 0.2) is 12.2 Å². The van der Waals surface area contributed by atoms with E-state index >= 15 is 0 Å². The first kappa shape index (κ1) is 23.2. The van der Waals surface area contributed by atoms with Crippen molar-refractivity contribution in [1.82, 2.24) is 0 Å². The van der Waals surface area contributed by atoms with Crippen molar-refractivity contribution >= 4 is 11.9 Å². The lowest BCUT2D eigenvalue weighted by Gasteiger charge is -2.48. The maximum atomic E-state index is 12.4. The summed E-state index contributed by atoms with van der Waals surface area (Å²) in [4.78, 5) is 24.2. The quantitative estimate of drug-likeness (QED) is 0.538. The molecule has 8 atom stereocenters. The highest BCUT2D eigenvalue weighted by molar-refractivity contribution is 5.91. The molecule has 7 heteroatoms. The number of aliphatic hydroxyl groups is 1. The highest BCUT2D eigenvalue weighted by Gasteiger charge is 2.52. The number of rotatable bonds is 2. The van der Waals surface area contributed by atoms with E-state index in [0.29, 0.717) is 24.8 Å². The molecule has 7 nitrogen and oxygen atoms in total. The fraction of sp³-hybridized carbons (Fsp3) is 0.826. The average Bonchev–Trinajstić information content (AvgIpc) is 2.94. The van der Waals surface area contributed by atoms with Crippen LogP contribution in [0.25, 0.3) is 0 Å². The first-order valence-electron chi connectivity index (χ1n) is 11.0. The molecule has 0 spiro atoms. The van der Waals surface area contributed by atoms with Gasteiger partial charge >= 0.3 is 11.9 Å². The van der Waals surface area contributed by atoms with Crippen molar-refractivity contribution in [2.75, 3.05) is 7.11 Å². The fourth-order valence-corrected chi connectivity index (χ4v) is 5.22. The number of esters is 2. The monoisotopic (exact) mass is 424 g/mol. The lowest BCUT2D eigenvalue weighted by atomic mass is 9.75. The zero-order chi connectivity index (χ0) is 22.3. The van der Waals surface area contributed by atoms with Crippen LogP contribution in [-0.2, 0) is 28.5 Å². The number of carbonyl (C=O) groups excluding carboxylic acids is 2. The highest BCUT2D eigenvalue weighted by atomic mass is 16.6. The minimum absolute atomic E-state index is 0.0121. The molecule has 1 N–H and O–H groups in total. The van der Waals surface area contributed by atoms with Crippen molar-refractivity contribution in [3.8, 4) is 0 Å². The number of carbonyl (C=O) groups is 2.